The second kappa shape index (κ2) is 12.2. The van der Waals surface area contributed by atoms with E-state index in [1.807, 2.05) is 27.7 Å². The molecule has 0 spiro atoms. The molecule has 1 N–H and O–H groups in total. The molecule has 0 aliphatic carbocycles. The Hall–Kier alpha value is -1.98. The number of nitrogens with zero attached hydrogens (tertiary/aromatic N) is 3. The monoisotopic (exact) mass is 458 g/mol. The Morgan fingerprint density at radius 1 is 1.23 bits per heavy atom. The quantitative estimate of drug-likeness (QED) is 0.492. The second-order valence-corrected chi connectivity index (χ2v) is 8.90. The third-order valence-corrected chi connectivity index (χ3v) is 4.90. The van der Waals surface area contributed by atoms with Crippen LogP contribution < -0.4 is 15.0 Å². The van der Waals surface area contributed by atoms with Crippen LogP contribution in [-0.4, -0.2) is 77.9 Å². The lowest BCUT2D eigenvalue weighted by Crippen LogP contribution is -2.45. The van der Waals surface area contributed by atoms with Gasteiger partial charge in [0.2, 0.25) is 5.82 Å². The van der Waals surface area contributed by atoms with Crippen molar-refractivity contribution >= 4 is 29.5 Å². The molecular weight excluding hydrogens is 424 g/mol. The van der Waals surface area contributed by atoms with Crippen LogP contribution >= 0.6 is 11.7 Å². The van der Waals surface area contributed by atoms with Crippen molar-refractivity contribution in [2.24, 2.45) is 0 Å². The van der Waals surface area contributed by atoms with E-state index >= 15 is 0 Å². The number of hydrogen-bond acceptors (Lipinski definition) is 11. The number of aromatic nitrogens is 2. The summed E-state index contributed by atoms with van der Waals surface area (Å²) < 4.78 is 30.6. The first-order valence-corrected chi connectivity index (χ1v) is 11.4. The summed E-state index contributed by atoms with van der Waals surface area (Å²) in [7, 11) is 0. The lowest BCUT2D eigenvalue weighted by Gasteiger charge is -2.28. The molecule has 0 bridgehead atoms. The van der Waals surface area contributed by atoms with Gasteiger partial charge in [-0.3, -0.25) is 4.79 Å². The molecule has 1 aliphatic rings. The number of carbonyl (C=O) groups excluding carboxylic acids is 2. The lowest BCUT2D eigenvalue weighted by molar-refractivity contribution is -0.171. The molecule has 10 nitrogen and oxygen atoms in total. The molecule has 2 rings (SSSR count). The summed E-state index contributed by atoms with van der Waals surface area (Å²) in [5.41, 5.74) is -0.176. The summed E-state index contributed by atoms with van der Waals surface area (Å²) >= 11 is 1.07. The topological polar surface area (TPSA) is 112 Å². The molecule has 1 aliphatic heterocycles. The molecule has 1 aromatic rings. The van der Waals surface area contributed by atoms with Gasteiger partial charge < -0.3 is 29.2 Å². The van der Waals surface area contributed by atoms with E-state index in [1.54, 1.807) is 0 Å². The first kappa shape index (κ1) is 25.3. The molecule has 0 aromatic carbocycles. The number of nitrogens with one attached hydrogen (secondary N) is 1. The molecule has 176 valence electrons. The van der Waals surface area contributed by atoms with Gasteiger partial charge in [0.15, 0.2) is 6.10 Å². The number of carbonyl (C=O) groups is 2. The van der Waals surface area contributed by atoms with E-state index in [9.17, 15) is 9.59 Å². The van der Waals surface area contributed by atoms with Crippen molar-refractivity contribution in [3.8, 4) is 5.88 Å². The summed E-state index contributed by atoms with van der Waals surface area (Å²) in [4.78, 5) is 26.2. The van der Waals surface area contributed by atoms with E-state index < -0.39 is 24.1 Å². The van der Waals surface area contributed by atoms with E-state index in [4.69, 9.17) is 18.9 Å². The smallest absolute Gasteiger partial charge is 0.347 e. The van der Waals surface area contributed by atoms with Gasteiger partial charge in [-0.05, 0) is 34.1 Å². The van der Waals surface area contributed by atoms with E-state index in [-0.39, 0.29) is 18.6 Å². The van der Waals surface area contributed by atoms with E-state index in [0.717, 1.165) is 11.7 Å². The first-order chi connectivity index (χ1) is 14.7. The van der Waals surface area contributed by atoms with Gasteiger partial charge in [0.05, 0.1) is 24.9 Å². The minimum absolute atomic E-state index is 0.0905. The Morgan fingerprint density at radius 2 is 1.94 bits per heavy atom. The van der Waals surface area contributed by atoms with Crippen LogP contribution in [0, 0.1) is 0 Å². The Labute approximate surface area is 187 Å². The Bertz CT molecular complexity index is 702. The first-order valence-electron chi connectivity index (χ1n) is 10.6. The number of ether oxygens (including phenoxy) is 4. The van der Waals surface area contributed by atoms with Crippen LogP contribution in [-0.2, 0) is 23.8 Å². The zero-order chi connectivity index (χ0) is 22.9. The van der Waals surface area contributed by atoms with Crippen molar-refractivity contribution in [3.63, 3.8) is 0 Å². The molecule has 2 atom stereocenters. The molecule has 1 aromatic heterocycles. The van der Waals surface area contributed by atoms with Gasteiger partial charge in [0.25, 0.3) is 5.88 Å². The number of anilines is 1. The van der Waals surface area contributed by atoms with Gasteiger partial charge in [-0.1, -0.05) is 6.92 Å². The van der Waals surface area contributed by atoms with Gasteiger partial charge in [-0.15, -0.1) is 4.37 Å². The summed E-state index contributed by atoms with van der Waals surface area (Å²) in [6, 6.07) is 0. The van der Waals surface area contributed by atoms with Crippen LogP contribution in [0.25, 0.3) is 0 Å². The highest BCUT2D eigenvalue weighted by Crippen LogP contribution is 2.26. The van der Waals surface area contributed by atoms with Crippen molar-refractivity contribution in [3.05, 3.63) is 0 Å². The fraction of sp³-hybridized carbons (Fsp3) is 0.800. The Morgan fingerprint density at radius 3 is 2.58 bits per heavy atom. The predicted molar refractivity (Wildman–Crippen MR) is 117 cm³/mol. The number of esters is 2. The number of hydrogen-bond donors (Lipinski definition) is 1. The molecule has 2 heterocycles. The average Bonchev–Trinajstić information content (AvgIpc) is 3.18. The van der Waals surface area contributed by atoms with E-state index in [2.05, 4.69) is 19.0 Å². The fourth-order valence-corrected chi connectivity index (χ4v) is 3.25. The summed E-state index contributed by atoms with van der Waals surface area (Å²) in [6.07, 6.45) is -0.671. The maximum atomic E-state index is 12.5. The Kier molecular flexibility index (Phi) is 9.92. The maximum Gasteiger partial charge on any atom is 0.347 e. The summed E-state index contributed by atoms with van der Waals surface area (Å²) in [6.45, 7) is 12.6. The van der Waals surface area contributed by atoms with Crippen LogP contribution in [0.1, 0.15) is 47.5 Å². The van der Waals surface area contributed by atoms with Crippen molar-refractivity contribution in [1.29, 1.82) is 0 Å². The highest BCUT2D eigenvalue weighted by atomic mass is 32.1. The highest BCUT2D eigenvalue weighted by molar-refractivity contribution is 6.99. The molecule has 1 saturated heterocycles. The van der Waals surface area contributed by atoms with Crippen molar-refractivity contribution < 1.29 is 28.5 Å². The Balaban J connectivity index is 1.97. The molecule has 1 fully saturated rings. The maximum absolute atomic E-state index is 12.5. The fourth-order valence-electron chi connectivity index (χ4n) is 2.73. The molecule has 11 heteroatoms. The van der Waals surface area contributed by atoms with Crippen LogP contribution in [0.5, 0.6) is 5.88 Å². The zero-order valence-corrected chi connectivity index (χ0v) is 19.8. The van der Waals surface area contributed by atoms with Crippen molar-refractivity contribution in [2.45, 2.75) is 65.2 Å². The molecule has 0 saturated carbocycles. The van der Waals surface area contributed by atoms with Crippen molar-refractivity contribution in [2.75, 3.05) is 44.4 Å². The lowest BCUT2D eigenvalue weighted by atomic mass is 10.1. The number of morpholine rings is 1. The summed E-state index contributed by atoms with van der Waals surface area (Å²) in [5, 5.41) is 3.31. The van der Waals surface area contributed by atoms with Gasteiger partial charge >= 0.3 is 11.9 Å². The standard InChI is InChI=1S/C20H34N4O6S/c1-6-7-16(25)29-14(2)19(26)30-15(12-21-20(3,4)5)13-28-18-17(22-31-23-18)24-8-10-27-11-9-24/h14-15,21H,6-13H2,1-5H3/t14-,15-/m0/s1. The van der Waals surface area contributed by atoms with Gasteiger partial charge in [0.1, 0.15) is 12.7 Å². The third-order valence-electron chi connectivity index (χ3n) is 4.40. The minimum Gasteiger partial charge on any atom is -0.470 e. The second-order valence-electron chi connectivity index (χ2n) is 8.38. The van der Waals surface area contributed by atoms with Crippen molar-refractivity contribution in [1.82, 2.24) is 14.1 Å². The van der Waals surface area contributed by atoms with Crippen LogP contribution in [0.2, 0.25) is 0 Å². The number of rotatable bonds is 11. The predicted octanol–water partition coefficient (Wildman–Crippen LogP) is 1.79. The van der Waals surface area contributed by atoms with Gasteiger partial charge in [-0.25, -0.2) is 4.79 Å². The highest BCUT2D eigenvalue weighted by Gasteiger charge is 2.26. The molecule has 31 heavy (non-hydrogen) atoms. The summed E-state index contributed by atoms with van der Waals surface area (Å²) in [5.74, 6) is 0.0463. The van der Waals surface area contributed by atoms with Gasteiger partial charge in [0, 0.05) is 31.6 Å². The minimum atomic E-state index is -0.985. The van der Waals surface area contributed by atoms with Crippen LogP contribution in [0.3, 0.4) is 0 Å². The molecule has 0 radical (unpaired) electrons. The van der Waals surface area contributed by atoms with Crippen LogP contribution in [0.4, 0.5) is 5.82 Å². The zero-order valence-electron chi connectivity index (χ0n) is 19.0. The average molecular weight is 459 g/mol. The third kappa shape index (κ3) is 8.96. The van der Waals surface area contributed by atoms with E-state index in [0.29, 0.717) is 51.0 Å². The largest absolute Gasteiger partial charge is 0.470 e. The molecule has 0 amide bonds. The van der Waals surface area contributed by atoms with E-state index in [1.165, 1.54) is 6.92 Å². The molecular formula is C20H34N4O6S. The molecule has 0 unspecified atom stereocenters. The SMILES string of the molecule is CCCC(=O)O[C@@H](C)C(=O)O[C@@H](CNC(C)(C)C)COc1nsnc1N1CCOCC1. The van der Waals surface area contributed by atoms with Crippen LogP contribution in [0.15, 0.2) is 0 Å². The van der Waals surface area contributed by atoms with Gasteiger partial charge in [-0.2, -0.15) is 4.37 Å². The normalized spacial score (nSPS) is 16.5.